The molecule has 0 amide bonds. The number of H-pyrrole nitrogens is 1. The van der Waals surface area contributed by atoms with Crippen LogP contribution in [0.4, 0.5) is 4.39 Å². The number of aromatic nitrogens is 2. The summed E-state index contributed by atoms with van der Waals surface area (Å²) in [7, 11) is 0. The molecule has 1 aliphatic carbocycles. The van der Waals surface area contributed by atoms with Crippen molar-refractivity contribution in [2.75, 3.05) is 0 Å². The molecule has 2 rings (SSSR count). The van der Waals surface area contributed by atoms with E-state index in [0.29, 0.717) is 0 Å². The number of nitrogens with zero attached hydrogens (tertiary/aromatic N) is 1. The van der Waals surface area contributed by atoms with Crippen LogP contribution < -0.4 is 11.2 Å². The highest BCUT2D eigenvalue weighted by Crippen LogP contribution is 2.36. The van der Waals surface area contributed by atoms with Crippen molar-refractivity contribution in [3.8, 4) is 0 Å². The maximum atomic E-state index is 13.4. The van der Waals surface area contributed by atoms with Gasteiger partial charge in [-0.15, -0.1) is 0 Å². The SMILES string of the molecule is CC1(Cn2c(=O)[nH]c(Cl)c(F)c2=O)CCCCC1. The average molecular weight is 275 g/mol. The predicted octanol–water partition coefficient (Wildman–Crippen LogP) is 2.30. The molecule has 1 saturated carbocycles. The van der Waals surface area contributed by atoms with Gasteiger partial charge in [0.05, 0.1) is 0 Å². The fourth-order valence-electron chi connectivity index (χ4n) is 2.61. The monoisotopic (exact) mass is 274 g/mol. The second-order valence-electron chi connectivity index (χ2n) is 5.32. The first-order chi connectivity index (χ1) is 8.43. The standard InChI is InChI=1S/C12H16ClFN2O2/c1-12(5-3-2-4-6-12)7-16-10(17)8(14)9(13)15-11(16)18/h2-7H2,1H3,(H,15,18). The quantitative estimate of drug-likeness (QED) is 0.842. The molecule has 1 aromatic rings. The summed E-state index contributed by atoms with van der Waals surface area (Å²) in [4.78, 5) is 25.5. The minimum atomic E-state index is -1.09. The van der Waals surface area contributed by atoms with Crippen LogP contribution in [0.5, 0.6) is 0 Å². The van der Waals surface area contributed by atoms with Crippen molar-refractivity contribution in [2.24, 2.45) is 5.41 Å². The topological polar surface area (TPSA) is 54.9 Å². The molecule has 0 saturated heterocycles. The van der Waals surface area contributed by atoms with Crippen LogP contribution in [-0.4, -0.2) is 9.55 Å². The molecule has 18 heavy (non-hydrogen) atoms. The molecule has 4 nitrogen and oxygen atoms in total. The molecule has 0 aromatic carbocycles. The Morgan fingerprint density at radius 3 is 2.56 bits per heavy atom. The van der Waals surface area contributed by atoms with Crippen LogP contribution in [0.1, 0.15) is 39.0 Å². The van der Waals surface area contributed by atoms with Gasteiger partial charge in [0.25, 0.3) is 5.56 Å². The minimum absolute atomic E-state index is 0.116. The van der Waals surface area contributed by atoms with E-state index in [2.05, 4.69) is 4.98 Å². The van der Waals surface area contributed by atoms with Crippen molar-refractivity contribution in [3.05, 3.63) is 31.8 Å². The molecular weight excluding hydrogens is 259 g/mol. The second-order valence-corrected chi connectivity index (χ2v) is 5.70. The van der Waals surface area contributed by atoms with Gasteiger partial charge in [-0.25, -0.2) is 4.79 Å². The van der Waals surface area contributed by atoms with Crippen LogP contribution >= 0.6 is 11.6 Å². The molecule has 0 radical (unpaired) electrons. The Morgan fingerprint density at radius 1 is 1.33 bits per heavy atom. The summed E-state index contributed by atoms with van der Waals surface area (Å²) in [6.07, 6.45) is 5.24. The number of aromatic amines is 1. The van der Waals surface area contributed by atoms with Gasteiger partial charge in [0, 0.05) is 6.54 Å². The Hall–Kier alpha value is -1.10. The van der Waals surface area contributed by atoms with E-state index in [1.165, 1.54) is 6.42 Å². The van der Waals surface area contributed by atoms with Gasteiger partial charge in [-0.2, -0.15) is 4.39 Å². The summed E-state index contributed by atoms with van der Waals surface area (Å²) in [6, 6.07) is 0. The molecule has 6 heteroatoms. The van der Waals surface area contributed by atoms with E-state index in [4.69, 9.17) is 11.6 Å². The fourth-order valence-corrected chi connectivity index (χ4v) is 2.77. The predicted molar refractivity (Wildman–Crippen MR) is 67.5 cm³/mol. The third kappa shape index (κ3) is 2.51. The molecule has 1 aromatic heterocycles. The molecule has 0 atom stereocenters. The van der Waals surface area contributed by atoms with E-state index >= 15 is 0 Å². The summed E-state index contributed by atoms with van der Waals surface area (Å²) in [6.45, 7) is 2.28. The number of hydrogen-bond acceptors (Lipinski definition) is 2. The molecule has 0 bridgehead atoms. The lowest BCUT2D eigenvalue weighted by molar-refractivity contribution is 0.177. The zero-order chi connectivity index (χ0) is 13.3. The van der Waals surface area contributed by atoms with Crippen molar-refractivity contribution in [2.45, 2.75) is 45.6 Å². The lowest BCUT2D eigenvalue weighted by atomic mass is 9.75. The Balaban J connectivity index is 2.38. The summed E-state index contributed by atoms with van der Waals surface area (Å²) in [5, 5.41) is -0.518. The molecular formula is C12H16ClFN2O2. The van der Waals surface area contributed by atoms with Crippen LogP contribution in [0.3, 0.4) is 0 Å². The largest absolute Gasteiger partial charge is 0.329 e. The minimum Gasteiger partial charge on any atom is -0.295 e. The lowest BCUT2D eigenvalue weighted by Gasteiger charge is -2.33. The average Bonchev–Trinajstić information content (AvgIpc) is 2.33. The first-order valence-electron chi connectivity index (χ1n) is 6.11. The number of rotatable bonds is 2. The second kappa shape index (κ2) is 4.88. The first-order valence-corrected chi connectivity index (χ1v) is 6.49. The van der Waals surface area contributed by atoms with E-state index in [-0.39, 0.29) is 12.0 Å². The number of hydrogen-bond donors (Lipinski definition) is 1. The molecule has 1 heterocycles. The Morgan fingerprint density at radius 2 is 1.94 bits per heavy atom. The molecule has 1 aliphatic rings. The van der Waals surface area contributed by atoms with Gasteiger partial charge in [0.2, 0.25) is 5.82 Å². The summed E-state index contributed by atoms with van der Waals surface area (Å²) in [5.74, 6) is -1.09. The third-order valence-corrected chi connectivity index (χ3v) is 3.95. The van der Waals surface area contributed by atoms with Gasteiger partial charge in [-0.05, 0) is 18.3 Å². The van der Waals surface area contributed by atoms with Crippen molar-refractivity contribution in [1.82, 2.24) is 9.55 Å². The van der Waals surface area contributed by atoms with Gasteiger partial charge in [0.1, 0.15) is 0 Å². The van der Waals surface area contributed by atoms with Crippen LogP contribution in [0, 0.1) is 11.2 Å². The molecule has 0 spiro atoms. The van der Waals surface area contributed by atoms with Crippen molar-refractivity contribution < 1.29 is 4.39 Å². The van der Waals surface area contributed by atoms with Gasteiger partial charge < -0.3 is 0 Å². The third-order valence-electron chi connectivity index (χ3n) is 3.69. The summed E-state index contributed by atoms with van der Waals surface area (Å²) in [5.41, 5.74) is -1.69. The fraction of sp³-hybridized carbons (Fsp3) is 0.667. The highest BCUT2D eigenvalue weighted by Gasteiger charge is 2.29. The zero-order valence-corrected chi connectivity index (χ0v) is 11.0. The van der Waals surface area contributed by atoms with Gasteiger partial charge in [-0.3, -0.25) is 14.3 Å². The number of nitrogens with one attached hydrogen (secondary N) is 1. The van der Waals surface area contributed by atoms with Crippen LogP contribution in [0.25, 0.3) is 0 Å². The summed E-state index contributed by atoms with van der Waals surface area (Å²) >= 11 is 5.42. The van der Waals surface area contributed by atoms with Crippen LogP contribution in [0.15, 0.2) is 9.59 Å². The molecule has 0 unspecified atom stereocenters. The number of halogens is 2. The highest BCUT2D eigenvalue weighted by molar-refractivity contribution is 6.29. The van der Waals surface area contributed by atoms with E-state index < -0.39 is 22.2 Å². The van der Waals surface area contributed by atoms with Crippen molar-refractivity contribution in [1.29, 1.82) is 0 Å². The van der Waals surface area contributed by atoms with E-state index in [1.54, 1.807) is 0 Å². The maximum Gasteiger partial charge on any atom is 0.329 e. The lowest BCUT2D eigenvalue weighted by Crippen LogP contribution is -2.42. The Bertz CT molecular complexity index is 558. The van der Waals surface area contributed by atoms with Gasteiger partial charge in [-0.1, -0.05) is 37.8 Å². The molecule has 0 aliphatic heterocycles. The van der Waals surface area contributed by atoms with Crippen molar-refractivity contribution >= 4 is 11.6 Å². The molecule has 1 N–H and O–H groups in total. The van der Waals surface area contributed by atoms with Crippen LogP contribution in [0.2, 0.25) is 5.15 Å². The van der Waals surface area contributed by atoms with Gasteiger partial charge in [0.15, 0.2) is 5.15 Å². The normalized spacial score (nSPS) is 18.8. The highest BCUT2D eigenvalue weighted by atomic mass is 35.5. The van der Waals surface area contributed by atoms with Gasteiger partial charge >= 0.3 is 5.69 Å². The Kier molecular flexibility index (Phi) is 3.61. The molecule has 1 fully saturated rings. The van der Waals surface area contributed by atoms with E-state index in [9.17, 15) is 14.0 Å². The van der Waals surface area contributed by atoms with E-state index in [1.807, 2.05) is 6.92 Å². The smallest absolute Gasteiger partial charge is 0.295 e. The van der Waals surface area contributed by atoms with Crippen LogP contribution in [-0.2, 0) is 6.54 Å². The molecule has 100 valence electrons. The first kappa shape index (κ1) is 13.3. The maximum absolute atomic E-state index is 13.4. The zero-order valence-electron chi connectivity index (χ0n) is 10.3. The van der Waals surface area contributed by atoms with E-state index in [0.717, 1.165) is 30.3 Å². The Labute approximate surface area is 109 Å². The summed E-state index contributed by atoms with van der Waals surface area (Å²) < 4.78 is 14.3. The van der Waals surface area contributed by atoms with Crippen molar-refractivity contribution in [3.63, 3.8) is 0 Å².